The molecule has 0 fully saturated rings. The first kappa shape index (κ1) is 15.7. The summed E-state index contributed by atoms with van der Waals surface area (Å²) in [5.41, 5.74) is -0.723. The number of benzene rings is 1. The summed E-state index contributed by atoms with van der Waals surface area (Å²) in [5, 5.41) is 12.8. The second-order valence-corrected chi connectivity index (χ2v) is 3.74. The fraction of sp³-hybridized carbons (Fsp3) is 0.273. The third-order valence-electron chi connectivity index (χ3n) is 2.15. The Morgan fingerprint density at radius 3 is 2.45 bits per heavy atom. The van der Waals surface area contributed by atoms with E-state index < -0.39 is 42.5 Å². The van der Waals surface area contributed by atoms with Crippen molar-refractivity contribution in [2.45, 2.75) is 12.6 Å². The molecule has 0 spiro atoms. The molecule has 20 heavy (non-hydrogen) atoms. The van der Waals surface area contributed by atoms with Crippen LogP contribution < -0.4 is 10.6 Å². The van der Waals surface area contributed by atoms with Crippen LogP contribution in [0.1, 0.15) is 16.8 Å². The average Bonchev–Trinajstić information content (AvgIpc) is 2.29. The zero-order valence-electron chi connectivity index (χ0n) is 9.92. The monoisotopic (exact) mass is 294 g/mol. The highest BCUT2D eigenvalue weighted by Crippen LogP contribution is 2.19. The SMILES string of the molecule is O=C(NCCC(F)(F)F)Nc1ccc(F)cc1C(=O)O. The Balaban J connectivity index is 2.64. The van der Waals surface area contributed by atoms with E-state index in [1.54, 1.807) is 0 Å². The van der Waals surface area contributed by atoms with Gasteiger partial charge in [-0.3, -0.25) is 0 Å². The van der Waals surface area contributed by atoms with Crippen molar-refractivity contribution in [2.24, 2.45) is 0 Å². The molecule has 0 aliphatic heterocycles. The number of carboxylic acid groups (broad SMARTS) is 1. The second kappa shape index (κ2) is 6.22. The zero-order chi connectivity index (χ0) is 15.3. The van der Waals surface area contributed by atoms with Crippen LogP contribution in [-0.4, -0.2) is 29.8 Å². The van der Waals surface area contributed by atoms with Crippen molar-refractivity contribution in [1.82, 2.24) is 5.32 Å². The van der Waals surface area contributed by atoms with E-state index in [1.807, 2.05) is 10.6 Å². The maximum Gasteiger partial charge on any atom is 0.390 e. The van der Waals surface area contributed by atoms with Gasteiger partial charge in [0, 0.05) is 6.54 Å². The number of anilines is 1. The van der Waals surface area contributed by atoms with Crippen LogP contribution in [0.15, 0.2) is 18.2 Å². The van der Waals surface area contributed by atoms with E-state index in [9.17, 15) is 27.2 Å². The number of amides is 2. The standard InChI is InChI=1S/C11H10F4N2O3/c12-6-1-2-8(7(5-6)9(18)19)17-10(20)16-4-3-11(13,14)15/h1-2,5H,3-4H2,(H,18,19)(H2,16,17,20). The van der Waals surface area contributed by atoms with Crippen LogP contribution in [0.5, 0.6) is 0 Å². The van der Waals surface area contributed by atoms with Gasteiger partial charge in [-0.15, -0.1) is 0 Å². The molecule has 0 unspecified atom stereocenters. The molecule has 0 aliphatic carbocycles. The van der Waals surface area contributed by atoms with Gasteiger partial charge < -0.3 is 15.7 Å². The van der Waals surface area contributed by atoms with Gasteiger partial charge in [-0.1, -0.05) is 0 Å². The summed E-state index contributed by atoms with van der Waals surface area (Å²) in [6.45, 7) is -0.654. The van der Waals surface area contributed by atoms with E-state index in [2.05, 4.69) is 0 Å². The Labute approximate surface area is 110 Å². The van der Waals surface area contributed by atoms with Crippen molar-refractivity contribution in [3.8, 4) is 0 Å². The Hall–Kier alpha value is -2.32. The molecule has 0 atom stereocenters. The van der Waals surface area contributed by atoms with Gasteiger partial charge in [-0.2, -0.15) is 13.2 Å². The predicted molar refractivity (Wildman–Crippen MR) is 61.1 cm³/mol. The molecule has 110 valence electrons. The van der Waals surface area contributed by atoms with Gasteiger partial charge >= 0.3 is 18.2 Å². The topological polar surface area (TPSA) is 78.4 Å². The number of halogens is 4. The molecule has 0 radical (unpaired) electrons. The van der Waals surface area contributed by atoms with Crippen molar-refractivity contribution in [3.63, 3.8) is 0 Å². The van der Waals surface area contributed by atoms with Gasteiger partial charge in [0.2, 0.25) is 0 Å². The molecule has 2 amide bonds. The van der Waals surface area contributed by atoms with Crippen molar-refractivity contribution in [1.29, 1.82) is 0 Å². The Kier molecular flexibility index (Phi) is 4.89. The maximum atomic E-state index is 12.9. The molecular weight excluding hydrogens is 284 g/mol. The molecule has 3 N–H and O–H groups in total. The normalized spacial score (nSPS) is 11.0. The molecule has 1 aromatic carbocycles. The number of rotatable bonds is 4. The summed E-state index contributed by atoms with van der Waals surface area (Å²) in [6.07, 6.45) is -5.62. The number of carbonyl (C=O) groups excluding carboxylic acids is 1. The van der Waals surface area contributed by atoms with Crippen LogP contribution in [-0.2, 0) is 0 Å². The van der Waals surface area contributed by atoms with E-state index in [0.29, 0.717) is 6.07 Å². The van der Waals surface area contributed by atoms with Crippen molar-refractivity contribution in [2.75, 3.05) is 11.9 Å². The molecule has 0 saturated carbocycles. The highest BCUT2D eigenvalue weighted by Gasteiger charge is 2.26. The Morgan fingerprint density at radius 1 is 1.25 bits per heavy atom. The first-order valence-electron chi connectivity index (χ1n) is 5.33. The summed E-state index contributed by atoms with van der Waals surface area (Å²) in [7, 11) is 0. The molecule has 0 aliphatic rings. The first-order valence-corrected chi connectivity index (χ1v) is 5.33. The molecule has 0 heterocycles. The van der Waals surface area contributed by atoms with Gasteiger partial charge in [0.1, 0.15) is 5.82 Å². The number of hydrogen-bond acceptors (Lipinski definition) is 2. The van der Waals surface area contributed by atoms with E-state index in [-0.39, 0.29) is 5.69 Å². The average molecular weight is 294 g/mol. The lowest BCUT2D eigenvalue weighted by Gasteiger charge is -2.11. The molecule has 0 saturated heterocycles. The predicted octanol–water partition coefficient (Wildman–Crippen LogP) is 2.60. The Bertz CT molecular complexity index is 517. The molecule has 1 rings (SSSR count). The van der Waals surface area contributed by atoms with E-state index in [4.69, 9.17) is 5.11 Å². The van der Waals surface area contributed by atoms with Crippen molar-refractivity contribution in [3.05, 3.63) is 29.6 Å². The zero-order valence-corrected chi connectivity index (χ0v) is 9.92. The van der Waals surface area contributed by atoms with Gasteiger partial charge in [-0.25, -0.2) is 14.0 Å². The van der Waals surface area contributed by atoms with Crippen molar-refractivity contribution < 1.29 is 32.3 Å². The number of aromatic carboxylic acids is 1. The smallest absolute Gasteiger partial charge is 0.390 e. The van der Waals surface area contributed by atoms with E-state index in [1.165, 1.54) is 0 Å². The highest BCUT2D eigenvalue weighted by molar-refractivity contribution is 5.99. The second-order valence-electron chi connectivity index (χ2n) is 3.74. The number of carbonyl (C=O) groups is 2. The fourth-order valence-electron chi connectivity index (χ4n) is 1.29. The molecular formula is C11H10F4N2O3. The lowest BCUT2D eigenvalue weighted by molar-refractivity contribution is -0.132. The highest BCUT2D eigenvalue weighted by atomic mass is 19.4. The summed E-state index contributed by atoms with van der Waals surface area (Å²) >= 11 is 0. The van der Waals surface area contributed by atoms with Crippen molar-refractivity contribution >= 4 is 17.7 Å². The molecule has 1 aromatic rings. The fourth-order valence-corrected chi connectivity index (χ4v) is 1.29. The number of urea groups is 1. The first-order chi connectivity index (χ1) is 9.19. The molecule has 0 aromatic heterocycles. The minimum Gasteiger partial charge on any atom is -0.478 e. The van der Waals surface area contributed by atoms with Crippen LogP contribution >= 0.6 is 0 Å². The summed E-state index contributed by atoms with van der Waals surface area (Å²) < 4.78 is 48.4. The van der Waals surface area contributed by atoms with Crippen LogP contribution in [0.25, 0.3) is 0 Å². The van der Waals surface area contributed by atoms with Crippen LogP contribution in [0.3, 0.4) is 0 Å². The summed E-state index contributed by atoms with van der Waals surface area (Å²) in [5.74, 6) is -2.29. The number of alkyl halides is 3. The van der Waals surface area contributed by atoms with E-state index >= 15 is 0 Å². The molecule has 0 bridgehead atoms. The van der Waals surface area contributed by atoms with Gasteiger partial charge in [0.15, 0.2) is 0 Å². The maximum absolute atomic E-state index is 12.9. The minimum absolute atomic E-state index is 0.219. The lowest BCUT2D eigenvalue weighted by Crippen LogP contribution is -2.32. The third kappa shape index (κ3) is 5.12. The summed E-state index contributed by atoms with van der Waals surface area (Å²) in [4.78, 5) is 22.1. The summed E-state index contributed by atoms with van der Waals surface area (Å²) in [6, 6.07) is 1.59. The third-order valence-corrected chi connectivity index (χ3v) is 2.15. The van der Waals surface area contributed by atoms with Crippen LogP contribution in [0, 0.1) is 5.82 Å². The number of hydrogen-bond donors (Lipinski definition) is 3. The minimum atomic E-state index is -4.41. The van der Waals surface area contributed by atoms with Crippen LogP contribution in [0.4, 0.5) is 28.0 Å². The molecule has 5 nitrogen and oxygen atoms in total. The number of carboxylic acids is 1. The quantitative estimate of drug-likeness (QED) is 0.747. The molecule has 9 heteroatoms. The van der Waals surface area contributed by atoms with Gasteiger partial charge in [-0.05, 0) is 18.2 Å². The lowest BCUT2D eigenvalue weighted by atomic mass is 10.2. The van der Waals surface area contributed by atoms with Gasteiger partial charge in [0.05, 0.1) is 17.7 Å². The van der Waals surface area contributed by atoms with Gasteiger partial charge in [0.25, 0.3) is 0 Å². The van der Waals surface area contributed by atoms with Crippen LogP contribution in [0.2, 0.25) is 0 Å². The Morgan fingerprint density at radius 2 is 1.90 bits per heavy atom. The largest absolute Gasteiger partial charge is 0.478 e. The number of nitrogens with one attached hydrogen (secondary N) is 2. The van der Waals surface area contributed by atoms with E-state index in [0.717, 1.165) is 12.1 Å².